The van der Waals surface area contributed by atoms with E-state index in [2.05, 4.69) is 14.7 Å². The molecule has 1 aliphatic carbocycles. The van der Waals surface area contributed by atoms with Crippen molar-refractivity contribution < 1.29 is 13.5 Å². The Hall–Kier alpha value is -3.20. The standard InChI is InChI=1S/C22H22N4O4S/c27-19-15-10-7-13-23-21(15)26(14-8-3-1-2-4-9-14)22(28)18(19)20-24-16-11-5-6-12-17(16)31(29,30)25-20/h5-7,10-14,27H,1-4,8-9H2,(H,24,25). The Morgan fingerprint density at radius 1 is 1.03 bits per heavy atom. The molecule has 0 atom stereocenters. The zero-order valence-electron chi connectivity index (χ0n) is 16.8. The van der Waals surface area contributed by atoms with Gasteiger partial charge in [-0.3, -0.25) is 9.36 Å². The van der Waals surface area contributed by atoms with Crippen LogP contribution in [-0.4, -0.2) is 28.9 Å². The summed E-state index contributed by atoms with van der Waals surface area (Å²) in [6.45, 7) is 0. The van der Waals surface area contributed by atoms with Crippen molar-refractivity contribution in [2.45, 2.75) is 49.5 Å². The van der Waals surface area contributed by atoms with Gasteiger partial charge in [-0.15, -0.1) is 4.40 Å². The first-order valence-corrected chi connectivity index (χ1v) is 11.8. The van der Waals surface area contributed by atoms with Gasteiger partial charge in [-0.25, -0.2) is 4.98 Å². The highest BCUT2D eigenvalue weighted by atomic mass is 32.2. The quantitative estimate of drug-likeness (QED) is 0.592. The fourth-order valence-electron chi connectivity index (χ4n) is 4.52. The zero-order chi connectivity index (χ0) is 21.6. The number of aromatic nitrogens is 2. The lowest BCUT2D eigenvalue weighted by atomic mass is 10.1. The predicted octanol–water partition coefficient (Wildman–Crippen LogP) is 3.56. The summed E-state index contributed by atoms with van der Waals surface area (Å²) in [5.41, 5.74) is 0.0816. The van der Waals surface area contributed by atoms with Crippen LogP contribution in [0.1, 0.15) is 50.1 Å². The van der Waals surface area contributed by atoms with Crippen LogP contribution < -0.4 is 10.9 Å². The SMILES string of the molecule is O=c1c(C2=NS(=O)(=O)c3ccccc3N2)c(O)c2cccnc2n1C1CCCCCC1. The Bertz CT molecular complexity index is 1370. The maximum atomic E-state index is 13.7. The molecule has 1 fully saturated rings. The monoisotopic (exact) mass is 438 g/mol. The Morgan fingerprint density at radius 2 is 1.77 bits per heavy atom. The molecule has 0 radical (unpaired) electrons. The van der Waals surface area contributed by atoms with Crippen LogP contribution in [-0.2, 0) is 10.0 Å². The van der Waals surface area contributed by atoms with Crippen molar-refractivity contribution in [1.29, 1.82) is 0 Å². The minimum Gasteiger partial charge on any atom is -0.506 e. The van der Waals surface area contributed by atoms with Gasteiger partial charge in [0.05, 0.1) is 11.1 Å². The molecule has 2 aromatic heterocycles. The van der Waals surface area contributed by atoms with Gasteiger partial charge in [-0.05, 0) is 37.1 Å². The number of hydrogen-bond donors (Lipinski definition) is 2. The topological polar surface area (TPSA) is 114 Å². The number of aromatic hydroxyl groups is 1. The van der Waals surface area contributed by atoms with Crippen LogP contribution in [0.4, 0.5) is 5.69 Å². The highest BCUT2D eigenvalue weighted by molar-refractivity contribution is 7.90. The third-order valence-corrected chi connectivity index (χ3v) is 7.33. The maximum Gasteiger partial charge on any atom is 0.286 e. The minimum absolute atomic E-state index is 0.0322. The van der Waals surface area contributed by atoms with Gasteiger partial charge < -0.3 is 10.4 Å². The van der Waals surface area contributed by atoms with Crippen molar-refractivity contribution in [1.82, 2.24) is 9.55 Å². The largest absolute Gasteiger partial charge is 0.506 e. The Labute approximate surface area is 179 Å². The summed E-state index contributed by atoms with van der Waals surface area (Å²) in [6, 6.07) is 9.64. The molecule has 1 saturated carbocycles. The van der Waals surface area contributed by atoms with E-state index in [1.807, 2.05) is 0 Å². The average molecular weight is 439 g/mol. The van der Waals surface area contributed by atoms with Crippen LogP contribution in [0.2, 0.25) is 0 Å². The number of benzene rings is 1. The summed E-state index contributed by atoms with van der Waals surface area (Å²) in [5.74, 6) is -0.492. The number of pyridine rings is 2. The minimum atomic E-state index is -4.02. The van der Waals surface area contributed by atoms with Crippen LogP contribution in [0.3, 0.4) is 0 Å². The van der Waals surface area contributed by atoms with Gasteiger partial charge in [0, 0.05) is 12.2 Å². The first-order chi connectivity index (χ1) is 15.0. The fraction of sp³-hybridized carbons (Fsp3) is 0.318. The summed E-state index contributed by atoms with van der Waals surface area (Å²) >= 11 is 0. The second-order valence-corrected chi connectivity index (χ2v) is 9.53. The molecule has 0 saturated heterocycles. The molecule has 0 spiro atoms. The number of para-hydroxylation sites is 1. The molecule has 3 heterocycles. The van der Waals surface area contributed by atoms with Gasteiger partial charge in [-0.1, -0.05) is 37.8 Å². The lowest BCUT2D eigenvalue weighted by molar-refractivity contribution is 0.434. The summed E-state index contributed by atoms with van der Waals surface area (Å²) < 4.78 is 31.0. The molecule has 160 valence electrons. The molecule has 0 bridgehead atoms. The molecule has 9 heteroatoms. The van der Waals surface area contributed by atoms with Crippen LogP contribution in [0.15, 0.2) is 56.7 Å². The van der Waals surface area contributed by atoms with E-state index in [0.29, 0.717) is 16.7 Å². The van der Waals surface area contributed by atoms with E-state index in [1.54, 1.807) is 41.1 Å². The van der Waals surface area contributed by atoms with Crippen molar-refractivity contribution in [3.8, 4) is 5.75 Å². The highest BCUT2D eigenvalue weighted by Gasteiger charge is 2.31. The second kappa shape index (κ2) is 7.49. The van der Waals surface area contributed by atoms with Crippen LogP contribution in [0.25, 0.3) is 11.0 Å². The second-order valence-electron chi connectivity index (χ2n) is 7.95. The third-order valence-electron chi connectivity index (χ3n) is 6.00. The zero-order valence-corrected chi connectivity index (χ0v) is 17.6. The molecule has 1 aromatic carbocycles. The number of rotatable bonds is 2. The molecule has 0 amide bonds. The van der Waals surface area contributed by atoms with Gasteiger partial charge in [0.2, 0.25) is 0 Å². The van der Waals surface area contributed by atoms with Crippen LogP contribution >= 0.6 is 0 Å². The van der Waals surface area contributed by atoms with E-state index < -0.39 is 15.6 Å². The molecule has 0 unspecified atom stereocenters. The summed E-state index contributed by atoms with van der Waals surface area (Å²) in [5, 5.41) is 14.3. The van der Waals surface area contributed by atoms with E-state index in [4.69, 9.17) is 0 Å². The maximum absolute atomic E-state index is 13.7. The third kappa shape index (κ3) is 3.29. The number of nitrogens with zero attached hydrogens (tertiary/aromatic N) is 3. The van der Waals surface area contributed by atoms with Crippen LogP contribution in [0, 0.1) is 0 Å². The number of sulfonamides is 1. The first kappa shape index (κ1) is 19.7. The van der Waals surface area contributed by atoms with E-state index in [1.165, 1.54) is 6.07 Å². The number of hydrogen-bond acceptors (Lipinski definition) is 6. The average Bonchev–Trinajstić information content (AvgIpc) is 3.03. The Balaban J connectivity index is 1.77. The van der Waals surface area contributed by atoms with Crippen molar-refractivity contribution in [2.24, 2.45) is 4.40 Å². The number of amidine groups is 1. The van der Waals surface area contributed by atoms with E-state index in [-0.39, 0.29) is 28.1 Å². The molecule has 8 nitrogen and oxygen atoms in total. The fourth-order valence-corrected chi connectivity index (χ4v) is 5.64. The molecule has 2 aliphatic rings. The van der Waals surface area contributed by atoms with Gasteiger partial charge >= 0.3 is 0 Å². The number of anilines is 1. The first-order valence-electron chi connectivity index (χ1n) is 10.4. The number of fused-ring (bicyclic) bond motifs is 2. The van der Waals surface area contributed by atoms with Gasteiger partial charge in [0.1, 0.15) is 21.9 Å². The molecule has 31 heavy (non-hydrogen) atoms. The molecule has 1 aliphatic heterocycles. The van der Waals surface area contributed by atoms with Crippen molar-refractivity contribution in [2.75, 3.05) is 5.32 Å². The predicted molar refractivity (Wildman–Crippen MR) is 118 cm³/mol. The lowest BCUT2D eigenvalue weighted by Gasteiger charge is -2.23. The van der Waals surface area contributed by atoms with Crippen LogP contribution in [0.5, 0.6) is 5.75 Å². The lowest BCUT2D eigenvalue weighted by Crippen LogP contribution is -2.34. The summed E-state index contributed by atoms with van der Waals surface area (Å²) in [7, 11) is -4.02. The normalized spacial score (nSPS) is 18.6. The summed E-state index contributed by atoms with van der Waals surface area (Å²) in [6.07, 6.45) is 7.49. The van der Waals surface area contributed by atoms with Crippen molar-refractivity contribution in [3.05, 3.63) is 58.5 Å². The van der Waals surface area contributed by atoms with Gasteiger partial charge in [0.15, 0.2) is 5.84 Å². The van der Waals surface area contributed by atoms with E-state index in [9.17, 15) is 18.3 Å². The Kier molecular flexibility index (Phi) is 4.77. The molecule has 2 N–H and O–H groups in total. The van der Waals surface area contributed by atoms with Gasteiger partial charge in [0.25, 0.3) is 15.6 Å². The smallest absolute Gasteiger partial charge is 0.286 e. The highest BCUT2D eigenvalue weighted by Crippen LogP contribution is 2.34. The molecule has 3 aromatic rings. The van der Waals surface area contributed by atoms with E-state index >= 15 is 0 Å². The van der Waals surface area contributed by atoms with E-state index in [0.717, 1.165) is 38.5 Å². The molecular weight excluding hydrogens is 416 g/mol. The van der Waals surface area contributed by atoms with Crippen molar-refractivity contribution >= 4 is 32.6 Å². The summed E-state index contributed by atoms with van der Waals surface area (Å²) in [4.78, 5) is 18.1. The van der Waals surface area contributed by atoms with Gasteiger partial charge in [-0.2, -0.15) is 8.42 Å². The molecule has 5 rings (SSSR count). The number of nitrogens with one attached hydrogen (secondary N) is 1. The van der Waals surface area contributed by atoms with Crippen molar-refractivity contribution in [3.63, 3.8) is 0 Å². The Morgan fingerprint density at radius 3 is 2.55 bits per heavy atom. The molecular formula is C22H22N4O4S.